The number of benzene rings is 1. The molecule has 0 fully saturated rings. The number of nitriles is 2. The maximum Gasteiger partial charge on any atom is 0.134 e. The van der Waals surface area contributed by atoms with Crippen molar-refractivity contribution in [2.24, 2.45) is 0 Å². The number of phenols is 1. The summed E-state index contributed by atoms with van der Waals surface area (Å²) in [6.07, 6.45) is 0. The van der Waals surface area contributed by atoms with E-state index in [1.165, 1.54) is 12.1 Å². The van der Waals surface area contributed by atoms with Crippen molar-refractivity contribution in [2.45, 2.75) is 6.92 Å². The van der Waals surface area contributed by atoms with Gasteiger partial charge >= 0.3 is 0 Å². The summed E-state index contributed by atoms with van der Waals surface area (Å²) in [5.74, 6) is -0.139. The van der Waals surface area contributed by atoms with Crippen molar-refractivity contribution < 1.29 is 5.11 Å². The Hall–Kier alpha value is -2.00. The Bertz CT molecular complexity index is 356. The van der Waals surface area contributed by atoms with Crippen molar-refractivity contribution in [3.8, 4) is 17.9 Å². The topological polar surface area (TPSA) is 67.8 Å². The van der Waals surface area contributed by atoms with E-state index in [2.05, 4.69) is 0 Å². The van der Waals surface area contributed by atoms with Crippen LogP contribution in [0.3, 0.4) is 0 Å². The lowest BCUT2D eigenvalue weighted by Crippen LogP contribution is -1.85. The monoisotopic (exact) mass is 158 g/mol. The number of rotatable bonds is 0. The SMILES string of the molecule is Cc1cc(C#N)c(O)cc1C#N. The van der Waals surface area contributed by atoms with Crippen LogP contribution in [0.25, 0.3) is 0 Å². The molecule has 1 rings (SSSR count). The summed E-state index contributed by atoms with van der Waals surface area (Å²) in [6.45, 7) is 1.72. The average Bonchev–Trinajstić information content (AvgIpc) is 2.08. The molecule has 1 aromatic carbocycles. The number of hydrogen-bond donors (Lipinski definition) is 1. The maximum absolute atomic E-state index is 9.17. The highest BCUT2D eigenvalue weighted by Crippen LogP contribution is 2.20. The minimum Gasteiger partial charge on any atom is -0.507 e. The number of hydrogen-bond acceptors (Lipinski definition) is 3. The van der Waals surface area contributed by atoms with Gasteiger partial charge in [-0.25, -0.2) is 0 Å². The number of aryl methyl sites for hydroxylation is 1. The average molecular weight is 158 g/mol. The third-order valence-corrected chi connectivity index (χ3v) is 1.58. The van der Waals surface area contributed by atoms with Crippen molar-refractivity contribution in [2.75, 3.05) is 0 Å². The highest BCUT2D eigenvalue weighted by atomic mass is 16.3. The molecule has 0 aliphatic rings. The standard InChI is InChI=1S/C9H6N2O/c1-6-2-8(5-11)9(12)3-7(6)4-10/h2-3,12H,1H3. The van der Waals surface area contributed by atoms with E-state index in [0.717, 1.165) is 0 Å². The van der Waals surface area contributed by atoms with Gasteiger partial charge in [0, 0.05) is 0 Å². The smallest absolute Gasteiger partial charge is 0.134 e. The van der Waals surface area contributed by atoms with Crippen molar-refractivity contribution >= 4 is 0 Å². The first-order chi connectivity index (χ1) is 5.69. The fraction of sp³-hybridized carbons (Fsp3) is 0.111. The quantitative estimate of drug-likeness (QED) is 0.621. The van der Waals surface area contributed by atoms with Crippen molar-refractivity contribution in [3.63, 3.8) is 0 Å². The lowest BCUT2D eigenvalue weighted by molar-refractivity contribution is 0.473. The Labute approximate surface area is 70.1 Å². The van der Waals surface area contributed by atoms with Crippen molar-refractivity contribution in [3.05, 3.63) is 28.8 Å². The van der Waals surface area contributed by atoms with Gasteiger partial charge in [-0.15, -0.1) is 0 Å². The summed E-state index contributed by atoms with van der Waals surface area (Å²) >= 11 is 0. The number of phenolic OH excluding ortho intramolecular Hbond substituents is 1. The van der Waals surface area contributed by atoms with Gasteiger partial charge in [-0.3, -0.25) is 0 Å². The molecule has 0 aliphatic heterocycles. The summed E-state index contributed by atoms with van der Waals surface area (Å²) in [6, 6.07) is 6.54. The zero-order valence-corrected chi connectivity index (χ0v) is 6.50. The van der Waals surface area contributed by atoms with Crippen LogP contribution in [0.1, 0.15) is 16.7 Å². The highest BCUT2D eigenvalue weighted by Gasteiger charge is 2.04. The highest BCUT2D eigenvalue weighted by molar-refractivity contribution is 5.51. The van der Waals surface area contributed by atoms with Gasteiger partial charge < -0.3 is 5.11 Å². The van der Waals surface area contributed by atoms with E-state index in [0.29, 0.717) is 11.1 Å². The second-order valence-electron chi connectivity index (χ2n) is 2.41. The van der Waals surface area contributed by atoms with Crippen LogP contribution in [-0.4, -0.2) is 5.11 Å². The van der Waals surface area contributed by atoms with E-state index in [4.69, 9.17) is 10.5 Å². The van der Waals surface area contributed by atoms with E-state index in [-0.39, 0.29) is 11.3 Å². The Kier molecular flexibility index (Phi) is 1.98. The van der Waals surface area contributed by atoms with E-state index in [1.807, 2.05) is 12.1 Å². The largest absolute Gasteiger partial charge is 0.507 e. The van der Waals surface area contributed by atoms with Gasteiger partial charge in [0.05, 0.1) is 17.2 Å². The lowest BCUT2D eigenvalue weighted by atomic mass is 10.1. The third kappa shape index (κ3) is 1.21. The second-order valence-corrected chi connectivity index (χ2v) is 2.41. The molecule has 0 saturated carbocycles. The van der Waals surface area contributed by atoms with Crippen LogP contribution in [0.5, 0.6) is 5.75 Å². The molecular weight excluding hydrogens is 152 g/mol. The van der Waals surface area contributed by atoms with Crippen LogP contribution in [0.2, 0.25) is 0 Å². The molecule has 0 aliphatic carbocycles. The van der Waals surface area contributed by atoms with E-state index < -0.39 is 0 Å². The van der Waals surface area contributed by atoms with Gasteiger partial charge in [0.15, 0.2) is 0 Å². The van der Waals surface area contributed by atoms with E-state index in [1.54, 1.807) is 6.92 Å². The number of aromatic hydroxyl groups is 1. The molecule has 0 aromatic heterocycles. The van der Waals surface area contributed by atoms with Gasteiger partial charge in [-0.2, -0.15) is 10.5 Å². The lowest BCUT2D eigenvalue weighted by Gasteiger charge is -1.99. The molecule has 0 radical (unpaired) electrons. The summed E-state index contributed by atoms with van der Waals surface area (Å²) in [4.78, 5) is 0. The zero-order chi connectivity index (χ0) is 9.14. The molecular formula is C9H6N2O. The van der Waals surface area contributed by atoms with Crippen molar-refractivity contribution in [1.29, 1.82) is 10.5 Å². The normalized spacial score (nSPS) is 8.58. The minimum atomic E-state index is -0.139. The van der Waals surface area contributed by atoms with Gasteiger partial charge in [0.2, 0.25) is 0 Å². The van der Waals surface area contributed by atoms with Gasteiger partial charge in [-0.1, -0.05) is 0 Å². The van der Waals surface area contributed by atoms with Crippen LogP contribution >= 0.6 is 0 Å². The summed E-state index contributed by atoms with van der Waals surface area (Å²) in [7, 11) is 0. The summed E-state index contributed by atoms with van der Waals surface area (Å²) in [5, 5.41) is 26.2. The number of nitrogens with zero attached hydrogens (tertiary/aromatic N) is 2. The molecule has 0 bridgehead atoms. The molecule has 0 spiro atoms. The van der Waals surface area contributed by atoms with Crippen LogP contribution in [0, 0.1) is 29.6 Å². The molecule has 3 heteroatoms. The van der Waals surface area contributed by atoms with Crippen LogP contribution in [0.15, 0.2) is 12.1 Å². The molecule has 0 unspecified atom stereocenters. The van der Waals surface area contributed by atoms with E-state index in [9.17, 15) is 5.11 Å². The molecule has 1 aromatic rings. The minimum absolute atomic E-state index is 0.139. The Morgan fingerprint density at radius 3 is 2.25 bits per heavy atom. The zero-order valence-electron chi connectivity index (χ0n) is 6.50. The van der Waals surface area contributed by atoms with E-state index >= 15 is 0 Å². The molecule has 58 valence electrons. The first kappa shape index (κ1) is 8.10. The van der Waals surface area contributed by atoms with Gasteiger partial charge in [-0.05, 0) is 24.6 Å². The predicted molar refractivity (Wildman–Crippen MR) is 42.3 cm³/mol. The Balaban J connectivity index is 3.41. The fourth-order valence-corrected chi connectivity index (χ4v) is 0.907. The predicted octanol–water partition coefficient (Wildman–Crippen LogP) is 1.44. The summed E-state index contributed by atoms with van der Waals surface area (Å²) in [5.41, 5.74) is 1.30. The fourth-order valence-electron chi connectivity index (χ4n) is 0.907. The molecule has 0 heterocycles. The first-order valence-electron chi connectivity index (χ1n) is 3.33. The second kappa shape index (κ2) is 2.94. The first-order valence-corrected chi connectivity index (χ1v) is 3.33. The Morgan fingerprint density at radius 1 is 1.17 bits per heavy atom. The Morgan fingerprint density at radius 2 is 1.75 bits per heavy atom. The molecule has 0 saturated heterocycles. The molecule has 12 heavy (non-hydrogen) atoms. The van der Waals surface area contributed by atoms with Gasteiger partial charge in [0.25, 0.3) is 0 Å². The van der Waals surface area contributed by atoms with Crippen LogP contribution < -0.4 is 0 Å². The molecule has 0 amide bonds. The van der Waals surface area contributed by atoms with Crippen LogP contribution in [-0.2, 0) is 0 Å². The molecule has 0 atom stereocenters. The molecule has 1 N–H and O–H groups in total. The molecule has 3 nitrogen and oxygen atoms in total. The third-order valence-electron chi connectivity index (χ3n) is 1.58. The summed E-state index contributed by atoms with van der Waals surface area (Å²) < 4.78 is 0. The maximum atomic E-state index is 9.17. The van der Waals surface area contributed by atoms with Crippen molar-refractivity contribution in [1.82, 2.24) is 0 Å². The van der Waals surface area contributed by atoms with Crippen LogP contribution in [0.4, 0.5) is 0 Å². The van der Waals surface area contributed by atoms with Gasteiger partial charge in [0.1, 0.15) is 11.8 Å².